The summed E-state index contributed by atoms with van der Waals surface area (Å²) < 4.78 is 1.63. The molecule has 128 valence electrons. The smallest absolute Gasteiger partial charge is 0.272 e. The molecule has 0 fully saturated rings. The lowest BCUT2D eigenvalue weighted by Crippen LogP contribution is -2.29. The number of aromatic nitrogens is 2. The molecule has 4 aromatic rings. The van der Waals surface area contributed by atoms with Gasteiger partial charge in [0.05, 0.1) is 6.04 Å². The van der Waals surface area contributed by atoms with E-state index in [0.717, 1.165) is 11.1 Å². The van der Waals surface area contributed by atoms with Crippen LogP contribution in [0.5, 0.6) is 5.75 Å². The molecule has 26 heavy (non-hydrogen) atoms. The van der Waals surface area contributed by atoms with Gasteiger partial charge in [-0.15, -0.1) is 0 Å². The van der Waals surface area contributed by atoms with Crippen LogP contribution in [-0.2, 0) is 0 Å². The summed E-state index contributed by atoms with van der Waals surface area (Å²) in [7, 11) is 0. The molecule has 2 aromatic heterocycles. The molecule has 2 N–H and O–H groups in total. The lowest BCUT2D eigenvalue weighted by molar-refractivity contribution is 0.0938. The fraction of sp³-hybridized carbons (Fsp3) is 0.0476. The minimum absolute atomic E-state index is 0.0363. The molecule has 2 heterocycles. The van der Waals surface area contributed by atoms with Gasteiger partial charge in [-0.25, -0.2) is 4.98 Å². The molecule has 0 aliphatic heterocycles. The molecule has 2 aromatic carbocycles. The molecule has 0 aliphatic rings. The number of nitrogens with zero attached hydrogens (tertiary/aromatic N) is 2. The van der Waals surface area contributed by atoms with Crippen molar-refractivity contribution in [2.45, 2.75) is 6.04 Å². The van der Waals surface area contributed by atoms with Crippen LogP contribution in [0.1, 0.15) is 27.7 Å². The minimum Gasteiger partial charge on any atom is -0.504 e. The van der Waals surface area contributed by atoms with E-state index in [1.165, 1.54) is 0 Å². The van der Waals surface area contributed by atoms with E-state index in [1.54, 1.807) is 28.9 Å². The molecule has 0 unspecified atom stereocenters. The van der Waals surface area contributed by atoms with Crippen molar-refractivity contribution in [3.8, 4) is 5.75 Å². The zero-order chi connectivity index (χ0) is 17.9. The number of rotatable bonds is 4. The zero-order valence-electron chi connectivity index (χ0n) is 13.9. The Morgan fingerprint density at radius 2 is 1.54 bits per heavy atom. The van der Waals surface area contributed by atoms with Crippen LogP contribution in [0.3, 0.4) is 0 Å². The molecule has 0 saturated carbocycles. The Hall–Kier alpha value is -3.60. The Balaban J connectivity index is 1.68. The highest BCUT2D eigenvalue weighted by Crippen LogP contribution is 2.23. The lowest BCUT2D eigenvalue weighted by Gasteiger charge is -2.19. The van der Waals surface area contributed by atoms with Crippen LogP contribution in [-0.4, -0.2) is 20.4 Å². The summed E-state index contributed by atoms with van der Waals surface area (Å²) in [6.45, 7) is 0. The molecule has 0 atom stereocenters. The van der Waals surface area contributed by atoms with E-state index >= 15 is 0 Å². The molecule has 5 heteroatoms. The van der Waals surface area contributed by atoms with Crippen LogP contribution in [0.2, 0.25) is 0 Å². The molecular weight excluding hydrogens is 326 g/mol. The Morgan fingerprint density at radius 1 is 0.923 bits per heavy atom. The highest BCUT2D eigenvalue weighted by molar-refractivity contribution is 5.93. The van der Waals surface area contributed by atoms with Gasteiger partial charge >= 0.3 is 0 Å². The summed E-state index contributed by atoms with van der Waals surface area (Å²) in [5, 5.41) is 12.9. The number of aromatic hydroxyl groups is 1. The molecule has 5 nitrogen and oxygen atoms in total. The van der Waals surface area contributed by atoms with E-state index < -0.39 is 0 Å². The average Bonchev–Trinajstić information content (AvgIpc) is 3.13. The van der Waals surface area contributed by atoms with Crippen LogP contribution in [0.4, 0.5) is 0 Å². The summed E-state index contributed by atoms with van der Waals surface area (Å²) >= 11 is 0. The third-order valence-corrected chi connectivity index (χ3v) is 4.24. The summed E-state index contributed by atoms with van der Waals surface area (Å²) in [4.78, 5) is 17.1. The number of hydrogen-bond acceptors (Lipinski definition) is 3. The first-order valence-corrected chi connectivity index (χ1v) is 8.30. The maximum Gasteiger partial charge on any atom is 0.272 e. The van der Waals surface area contributed by atoms with E-state index in [2.05, 4.69) is 10.3 Å². The van der Waals surface area contributed by atoms with Gasteiger partial charge in [0, 0.05) is 12.4 Å². The van der Waals surface area contributed by atoms with Gasteiger partial charge in [-0.3, -0.25) is 4.79 Å². The van der Waals surface area contributed by atoms with Gasteiger partial charge in [0.15, 0.2) is 11.4 Å². The molecule has 1 amide bonds. The van der Waals surface area contributed by atoms with E-state index in [1.807, 2.05) is 60.7 Å². The molecule has 0 bridgehead atoms. The monoisotopic (exact) mass is 343 g/mol. The highest BCUT2D eigenvalue weighted by Gasteiger charge is 2.20. The quantitative estimate of drug-likeness (QED) is 0.595. The fourth-order valence-corrected chi connectivity index (χ4v) is 2.96. The van der Waals surface area contributed by atoms with Gasteiger partial charge < -0.3 is 14.8 Å². The van der Waals surface area contributed by atoms with Crippen molar-refractivity contribution in [1.29, 1.82) is 0 Å². The van der Waals surface area contributed by atoms with E-state index in [-0.39, 0.29) is 23.4 Å². The average molecular weight is 343 g/mol. The number of nitrogens with one attached hydrogen (secondary N) is 1. The van der Waals surface area contributed by atoms with Crippen molar-refractivity contribution in [3.05, 3.63) is 102 Å². The number of fused-ring (bicyclic) bond motifs is 1. The van der Waals surface area contributed by atoms with Gasteiger partial charge in [-0.1, -0.05) is 60.7 Å². The number of pyridine rings is 1. The summed E-state index contributed by atoms with van der Waals surface area (Å²) in [6, 6.07) is 22.5. The standard InChI is InChI=1S/C21H17N3O2/c25-18-12-7-13-24-14-17(22-20(18)24)21(26)23-19(15-8-3-1-4-9-15)16-10-5-2-6-11-16/h1-14,19,25H,(H,23,26). The summed E-state index contributed by atoms with van der Waals surface area (Å²) in [5.41, 5.74) is 2.58. The topological polar surface area (TPSA) is 66.6 Å². The van der Waals surface area contributed by atoms with Gasteiger partial charge in [0.2, 0.25) is 0 Å². The maximum atomic E-state index is 12.8. The van der Waals surface area contributed by atoms with Crippen LogP contribution in [0, 0.1) is 0 Å². The number of carbonyl (C=O) groups excluding carboxylic acids is 1. The largest absolute Gasteiger partial charge is 0.504 e. The number of benzene rings is 2. The second kappa shape index (κ2) is 6.72. The Morgan fingerprint density at radius 3 is 2.12 bits per heavy atom. The molecular formula is C21H17N3O2. The van der Waals surface area contributed by atoms with Gasteiger partial charge in [-0.2, -0.15) is 0 Å². The molecule has 0 aliphatic carbocycles. The first-order valence-electron chi connectivity index (χ1n) is 8.30. The zero-order valence-corrected chi connectivity index (χ0v) is 13.9. The summed E-state index contributed by atoms with van der Waals surface area (Å²) in [5.74, 6) is -0.264. The third kappa shape index (κ3) is 3.02. The predicted octanol–water partition coefficient (Wildman–Crippen LogP) is 3.56. The predicted molar refractivity (Wildman–Crippen MR) is 99.1 cm³/mol. The van der Waals surface area contributed by atoms with Gasteiger partial charge in [0.25, 0.3) is 5.91 Å². The first-order chi connectivity index (χ1) is 12.7. The number of hydrogen-bond donors (Lipinski definition) is 2. The number of imidazole rings is 1. The van der Waals surface area contributed by atoms with Crippen molar-refractivity contribution in [2.24, 2.45) is 0 Å². The molecule has 0 radical (unpaired) electrons. The summed E-state index contributed by atoms with van der Waals surface area (Å²) in [6.07, 6.45) is 3.35. The molecule has 0 saturated heterocycles. The van der Waals surface area contributed by atoms with Gasteiger partial charge in [0.1, 0.15) is 5.69 Å². The highest BCUT2D eigenvalue weighted by atomic mass is 16.3. The van der Waals surface area contributed by atoms with Crippen LogP contribution in [0.15, 0.2) is 85.2 Å². The second-order valence-corrected chi connectivity index (χ2v) is 5.98. The van der Waals surface area contributed by atoms with Crippen molar-refractivity contribution in [2.75, 3.05) is 0 Å². The van der Waals surface area contributed by atoms with E-state index in [9.17, 15) is 9.90 Å². The Bertz CT molecular complexity index is 1000. The Labute approximate surface area is 150 Å². The van der Waals surface area contributed by atoms with Crippen molar-refractivity contribution in [1.82, 2.24) is 14.7 Å². The second-order valence-electron chi connectivity index (χ2n) is 5.98. The van der Waals surface area contributed by atoms with Crippen molar-refractivity contribution in [3.63, 3.8) is 0 Å². The van der Waals surface area contributed by atoms with Gasteiger partial charge in [-0.05, 0) is 23.3 Å². The SMILES string of the molecule is O=C(NC(c1ccccc1)c1ccccc1)c1cn2cccc(O)c2n1. The van der Waals surface area contributed by atoms with Crippen LogP contribution in [0.25, 0.3) is 5.65 Å². The molecule has 4 rings (SSSR count). The van der Waals surface area contributed by atoms with E-state index in [0.29, 0.717) is 5.65 Å². The maximum absolute atomic E-state index is 12.8. The third-order valence-electron chi connectivity index (χ3n) is 4.24. The molecule has 0 spiro atoms. The minimum atomic E-state index is -0.300. The number of carbonyl (C=O) groups is 1. The Kier molecular flexibility index (Phi) is 4.11. The van der Waals surface area contributed by atoms with Crippen molar-refractivity contribution < 1.29 is 9.90 Å². The lowest BCUT2D eigenvalue weighted by atomic mass is 9.98. The van der Waals surface area contributed by atoms with Crippen LogP contribution >= 0.6 is 0 Å². The van der Waals surface area contributed by atoms with E-state index in [4.69, 9.17) is 0 Å². The first kappa shape index (κ1) is 15.9. The fourth-order valence-electron chi connectivity index (χ4n) is 2.96. The number of amides is 1. The normalized spacial score (nSPS) is 11.0. The van der Waals surface area contributed by atoms with Crippen LogP contribution < -0.4 is 5.32 Å². The van der Waals surface area contributed by atoms with Crippen molar-refractivity contribution >= 4 is 11.6 Å².